The molecule has 1 heterocycles. The first-order valence-corrected chi connectivity index (χ1v) is 9.26. The second-order valence-electron chi connectivity index (χ2n) is 5.54. The molecule has 0 bridgehead atoms. The molecule has 0 spiro atoms. The van der Waals surface area contributed by atoms with E-state index >= 15 is 0 Å². The Morgan fingerprint density at radius 1 is 1.36 bits per heavy atom. The number of aliphatic imine (C=N–C) groups is 1. The van der Waals surface area contributed by atoms with Crippen molar-refractivity contribution in [3.8, 4) is 11.5 Å². The molecule has 1 saturated heterocycles. The van der Waals surface area contributed by atoms with E-state index in [9.17, 15) is 20.0 Å². The average Bonchev–Trinajstić information content (AvgIpc) is 2.98. The number of phenols is 1. The molecule has 0 aliphatic carbocycles. The van der Waals surface area contributed by atoms with E-state index in [4.69, 9.17) is 16.3 Å². The monoisotopic (exact) mass is 419 g/mol. The molecule has 10 heteroatoms. The van der Waals surface area contributed by atoms with Crippen LogP contribution in [0.25, 0.3) is 6.08 Å². The lowest BCUT2D eigenvalue weighted by molar-refractivity contribution is -0.386. The summed E-state index contributed by atoms with van der Waals surface area (Å²) >= 11 is 6.93. The van der Waals surface area contributed by atoms with Gasteiger partial charge in [0.25, 0.3) is 5.91 Å². The number of nitrogens with zero attached hydrogens (tertiary/aromatic N) is 2. The molecule has 0 saturated carbocycles. The molecule has 28 heavy (non-hydrogen) atoms. The van der Waals surface area contributed by atoms with Crippen molar-refractivity contribution in [3.05, 3.63) is 62.0 Å². The van der Waals surface area contributed by atoms with Gasteiger partial charge in [0.1, 0.15) is 0 Å². The summed E-state index contributed by atoms with van der Waals surface area (Å²) in [5.41, 5.74) is 0.460. The standard InChI is InChI=1S/C18H14ClN3O5S/c1-2-27-14-8-10(7-13(16(14)23)22(25)26)9-15-17(24)21-18(28-15)20-12-5-3-11(19)4-6-12/h3-9,23H,2H2,1H3,(H,20,21,24). The molecule has 2 N–H and O–H groups in total. The van der Waals surface area contributed by atoms with Crippen molar-refractivity contribution in [2.75, 3.05) is 6.61 Å². The molecule has 2 aromatic carbocycles. The van der Waals surface area contributed by atoms with Crippen LogP contribution in [-0.4, -0.2) is 27.7 Å². The van der Waals surface area contributed by atoms with Gasteiger partial charge in [-0.3, -0.25) is 14.9 Å². The highest BCUT2D eigenvalue weighted by Crippen LogP contribution is 2.38. The van der Waals surface area contributed by atoms with E-state index in [-0.39, 0.29) is 18.3 Å². The number of halogens is 1. The number of ether oxygens (including phenoxy) is 1. The van der Waals surface area contributed by atoms with Gasteiger partial charge in [-0.2, -0.15) is 0 Å². The smallest absolute Gasteiger partial charge is 0.315 e. The fraction of sp³-hybridized carbons (Fsp3) is 0.111. The van der Waals surface area contributed by atoms with E-state index < -0.39 is 16.4 Å². The Labute approximate surface area is 169 Å². The van der Waals surface area contributed by atoms with Crippen molar-refractivity contribution in [1.82, 2.24) is 5.32 Å². The molecule has 144 valence electrons. The third kappa shape index (κ3) is 4.44. The second-order valence-corrected chi connectivity index (χ2v) is 7.00. The van der Waals surface area contributed by atoms with Crippen molar-refractivity contribution in [1.29, 1.82) is 0 Å². The largest absolute Gasteiger partial charge is 0.500 e. The molecule has 8 nitrogen and oxygen atoms in total. The lowest BCUT2D eigenvalue weighted by atomic mass is 10.1. The van der Waals surface area contributed by atoms with Gasteiger partial charge >= 0.3 is 5.69 Å². The molecule has 2 aromatic rings. The summed E-state index contributed by atoms with van der Waals surface area (Å²) in [5, 5.41) is 24.7. The molecular formula is C18H14ClN3O5S. The first kappa shape index (κ1) is 19.7. The SMILES string of the molecule is CCOc1cc(C=C2SC(=Nc3ccc(Cl)cc3)NC2=O)cc([N+](=O)[O-])c1O. The summed E-state index contributed by atoms with van der Waals surface area (Å²) in [4.78, 5) is 27.3. The predicted octanol–water partition coefficient (Wildman–Crippen LogP) is 4.24. The van der Waals surface area contributed by atoms with Crippen LogP contribution in [0.2, 0.25) is 5.02 Å². The van der Waals surface area contributed by atoms with E-state index in [2.05, 4.69) is 10.3 Å². The minimum atomic E-state index is -0.713. The summed E-state index contributed by atoms with van der Waals surface area (Å²) in [6, 6.07) is 9.39. The Balaban J connectivity index is 1.92. The van der Waals surface area contributed by atoms with Gasteiger partial charge in [0.15, 0.2) is 10.9 Å². The van der Waals surface area contributed by atoms with Crippen LogP contribution < -0.4 is 10.1 Å². The number of carbonyl (C=O) groups excluding carboxylic acids is 1. The van der Waals surface area contributed by atoms with Crippen molar-refractivity contribution < 1.29 is 19.6 Å². The quantitative estimate of drug-likeness (QED) is 0.425. The first-order chi connectivity index (χ1) is 13.4. The zero-order chi connectivity index (χ0) is 20.3. The topological polar surface area (TPSA) is 114 Å². The highest BCUT2D eigenvalue weighted by atomic mass is 35.5. The fourth-order valence-corrected chi connectivity index (χ4v) is 3.33. The van der Waals surface area contributed by atoms with Crippen molar-refractivity contribution >= 4 is 51.9 Å². The number of hydrogen-bond donors (Lipinski definition) is 2. The second kappa shape index (κ2) is 8.32. The zero-order valence-electron chi connectivity index (χ0n) is 14.5. The van der Waals surface area contributed by atoms with Gasteiger partial charge in [-0.05, 0) is 60.7 Å². The number of carbonyl (C=O) groups is 1. The average molecular weight is 420 g/mol. The van der Waals surface area contributed by atoms with Crippen LogP contribution in [0.1, 0.15) is 12.5 Å². The van der Waals surface area contributed by atoms with Gasteiger partial charge in [0.2, 0.25) is 5.75 Å². The van der Waals surface area contributed by atoms with Crippen LogP contribution in [0.15, 0.2) is 46.3 Å². The maximum Gasteiger partial charge on any atom is 0.315 e. The Bertz CT molecular complexity index is 1010. The number of nitrogens with one attached hydrogen (secondary N) is 1. The predicted molar refractivity (Wildman–Crippen MR) is 108 cm³/mol. The molecule has 0 radical (unpaired) electrons. The molecule has 1 aliphatic rings. The zero-order valence-corrected chi connectivity index (χ0v) is 16.1. The number of thioether (sulfide) groups is 1. The summed E-state index contributed by atoms with van der Waals surface area (Å²) < 4.78 is 5.24. The third-order valence-corrected chi connectivity index (χ3v) is 4.74. The summed E-state index contributed by atoms with van der Waals surface area (Å²) in [6.07, 6.45) is 1.47. The lowest BCUT2D eigenvalue weighted by Crippen LogP contribution is -2.19. The Hall–Kier alpha value is -3.04. The molecule has 1 aliphatic heterocycles. The number of benzene rings is 2. The number of aromatic hydroxyl groups is 1. The lowest BCUT2D eigenvalue weighted by Gasteiger charge is -2.07. The Morgan fingerprint density at radius 2 is 2.07 bits per heavy atom. The molecule has 0 unspecified atom stereocenters. The highest BCUT2D eigenvalue weighted by molar-refractivity contribution is 8.18. The van der Waals surface area contributed by atoms with Crippen LogP contribution >= 0.6 is 23.4 Å². The molecule has 0 atom stereocenters. The van der Waals surface area contributed by atoms with Gasteiger partial charge in [0.05, 0.1) is 22.1 Å². The summed E-state index contributed by atoms with van der Waals surface area (Å²) in [6.45, 7) is 1.91. The fourth-order valence-electron chi connectivity index (χ4n) is 2.37. The van der Waals surface area contributed by atoms with Crippen molar-refractivity contribution in [2.24, 2.45) is 4.99 Å². The van der Waals surface area contributed by atoms with E-state index in [0.29, 0.717) is 26.3 Å². The number of nitro groups is 1. The van der Waals surface area contributed by atoms with Gasteiger partial charge in [0, 0.05) is 11.1 Å². The van der Waals surface area contributed by atoms with Gasteiger partial charge in [-0.1, -0.05) is 11.6 Å². The maximum atomic E-state index is 12.2. The highest BCUT2D eigenvalue weighted by Gasteiger charge is 2.25. The normalized spacial score (nSPS) is 16.4. The van der Waals surface area contributed by atoms with Crippen LogP contribution in [0.4, 0.5) is 11.4 Å². The molecule has 1 fully saturated rings. The number of rotatable bonds is 5. The Kier molecular flexibility index (Phi) is 5.86. The number of hydrogen-bond acceptors (Lipinski definition) is 7. The minimum Gasteiger partial charge on any atom is -0.500 e. The van der Waals surface area contributed by atoms with Crippen LogP contribution in [0.5, 0.6) is 11.5 Å². The van der Waals surface area contributed by atoms with Crippen LogP contribution in [-0.2, 0) is 4.79 Å². The van der Waals surface area contributed by atoms with Gasteiger partial charge in [-0.15, -0.1) is 0 Å². The molecular weight excluding hydrogens is 406 g/mol. The summed E-state index contributed by atoms with van der Waals surface area (Å²) in [5.74, 6) is -0.962. The van der Waals surface area contributed by atoms with Crippen molar-refractivity contribution in [3.63, 3.8) is 0 Å². The molecule has 3 rings (SSSR count). The molecule has 1 amide bonds. The third-order valence-electron chi connectivity index (χ3n) is 3.58. The van der Waals surface area contributed by atoms with E-state index in [1.54, 1.807) is 31.2 Å². The number of nitro benzene ring substituents is 1. The summed E-state index contributed by atoms with van der Waals surface area (Å²) in [7, 11) is 0. The van der Waals surface area contributed by atoms with E-state index in [0.717, 1.165) is 11.8 Å². The number of amides is 1. The first-order valence-electron chi connectivity index (χ1n) is 8.06. The van der Waals surface area contributed by atoms with E-state index in [1.807, 2.05) is 0 Å². The van der Waals surface area contributed by atoms with Gasteiger partial charge < -0.3 is 15.2 Å². The van der Waals surface area contributed by atoms with E-state index in [1.165, 1.54) is 18.2 Å². The number of amidine groups is 1. The maximum absolute atomic E-state index is 12.2. The van der Waals surface area contributed by atoms with Crippen LogP contribution in [0, 0.1) is 10.1 Å². The Morgan fingerprint density at radius 3 is 2.71 bits per heavy atom. The van der Waals surface area contributed by atoms with Gasteiger partial charge in [-0.25, -0.2) is 4.99 Å². The molecule has 0 aromatic heterocycles. The van der Waals surface area contributed by atoms with Crippen LogP contribution in [0.3, 0.4) is 0 Å². The number of phenolic OH excluding ortho intramolecular Hbond substituents is 1. The van der Waals surface area contributed by atoms with Crippen molar-refractivity contribution in [2.45, 2.75) is 6.92 Å². The minimum absolute atomic E-state index is 0.0259.